The van der Waals surface area contributed by atoms with E-state index in [1.54, 1.807) is 12.1 Å². The normalized spacial score (nSPS) is 22.1. The molecule has 0 heterocycles. The first kappa shape index (κ1) is 16.4. The van der Waals surface area contributed by atoms with Crippen LogP contribution in [0.25, 0.3) is 0 Å². The third-order valence-corrected chi connectivity index (χ3v) is 4.60. The minimum absolute atomic E-state index is 0.0901. The first-order chi connectivity index (χ1) is 10.2. The zero-order valence-corrected chi connectivity index (χ0v) is 13.4. The van der Waals surface area contributed by atoms with Crippen molar-refractivity contribution in [3.05, 3.63) is 35.6 Å². The van der Waals surface area contributed by atoms with Gasteiger partial charge in [-0.2, -0.15) is 0 Å². The number of hydrogen-bond acceptors (Lipinski definition) is 2. The van der Waals surface area contributed by atoms with Gasteiger partial charge in [-0.15, -0.1) is 0 Å². The quantitative estimate of drug-likeness (QED) is 0.783. The van der Waals surface area contributed by atoms with Crippen LogP contribution in [0.2, 0.25) is 0 Å². The average Bonchev–Trinajstić information content (AvgIpc) is 2.93. The van der Waals surface area contributed by atoms with Crippen molar-refractivity contribution < 1.29 is 4.39 Å². The summed E-state index contributed by atoms with van der Waals surface area (Å²) in [4.78, 5) is 2.24. The highest BCUT2D eigenvalue weighted by atomic mass is 19.1. The molecule has 1 fully saturated rings. The van der Waals surface area contributed by atoms with Crippen LogP contribution < -0.4 is 5.32 Å². The van der Waals surface area contributed by atoms with Crippen LogP contribution in [-0.4, -0.2) is 31.1 Å². The van der Waals surface area contributed by atoms with Gasteiger partial charge in [-0.05, 0) is 57.8 Å². The molecule has 0 spiro atoms. The summed E-state index contributed by atoms with van der Waals surface area (Å²) in [5.41, 5.74) is 0.798. The maximum absolute atomic E-state index is 13.7. The molecule has 3 heteroatoms. The molecule has 1 aromatic carbocycles. The summed E-state index contributed by atoms with van der Waals surface area (Å²) in [5, 5.41) is 3.69. The van der Waals surface area contributed by atoms with Crippen LogP contribution in [-0.2, 0) is 6.54 Å². The van der Waals surface area contributed by atoms with Crippen molar-refractivity contribution in [3.63, 3.8) is 0 Å². The third kappa shape index (κ3) is 5.08. The van der Waals surface area contributed by atoms with Gasteiger partial charge >= 0.3 is 0 Å². The molecule has 1 aliphatic rings. The van der Waals surface area contributed by atoms with Crippen molar-refractivity contribution in [2.45, 2.75) is 51.6 Å². The second-order valence-corrected chi connectivity index (χ2v) is 6.37. The number of nitrogens with one attached hydrogen (secondary N) is 1. The molecule has 2 nitrogen and oxygen atoms in total. The zero-order valence-electron chi connectivity index (χ0n) is 13.4. The average molecular weight is 292 g/mol. The molecule has 0 aliphatic heterocycles. The van der Waals surface area contributed by atoms with E-state index in [2.05, 4.69) is 24.2 Å². The van der Waals surface area contributed by atoms with E-state index in [9.17, 15) is 4.39 Å². The van der Waals surface area contributed by atoms with Crippen molar-refractivity contribution in [2.24, 2.45) is 5.92 Å². The lowest BCUT2D eigenvalue weighted by molar-refractivity contribution is 0.272. The summed E-state index contributed by atoms with van der Waals surface area (Å²) in [6.45, 7) is 5.10. The second kappa shape index (κ2) is 8.50. The van der Waals surface area contributed by atoms with E-state index < -0.39 is 0 Å². The topological polar surface area (TPSA) is 15.3 Å². The minimum Gasteiger partial charge on any atom is -0.314 e. The largest absolute Gasteiger partial charge is 0.314 e. The predicted octanol–water partition coefficient (Wildman–Crippen LogP) is 3.82. The molecule has 1 N–H and O–H groups in total. The maximum atomic E-state index is 13.7. The van der Waals surface area contributed by atoms with Crippen molar-refractivity contribution >= 4 is 0 Å². The molecule has 0 amide bonds. The fourth-order valence-corrected chi connectivity index (χ4v) is 3.36. The van der Waals surface area contributed by atoms with Crippen molar-refractivity contribution in [2.75, 3.05) is 20.1 Å². The van der Waals surface area contributed by atoms with Gasteiger partial charge in [0.05, 0.1) is 0 Å². The molecule has 0 saturated heterocycles. The molecule has 2 atom stereocenters. The summed E-state index contributed by atoms with van der Waals surface area (Å²) in [6.07, 6.45) is 6.43. The molecular formula is C18H29FN2. The van der Waals surface area contributed by atoms with Crippen LogP contribution in [0.5, 0.6) is 0 Å². The molecular weight excluding hydrogens is 263 g/mol. The molecule has 21 heavy (non-hydrogen) atoms. The summed E-state index contributed by atoms with van der Waals surface area (Å²) in [6, 6.07) is 7.79. The van der Waals surface area contributed by atoms with E-state index in [1.807, 2.05) is 12.1 Å². The highest BCUT2D eigenvalue weighted by Crippen LogP contribution is 2.28. The Hall–Kier alpha value is -0.930. The lowest BCUT2D eigenvalue weighted by Crippen LogP contribution is -2.34. The van der Waals surface area contributed by atoms with Gasteiger partial charge in [-0.3, -0.25) is 0 Å². The van der Waals surface area contributed by atoms with Crippen molar-refractivity contribution in [1.29, 1.82) is 0 Å². The van der Waals surface area contributed by atoms with Gasteiger partial charge in [0.25, 0.3) is 0 Å². The SMILES string of the molecule is CCCNC1CCCC1CCN(C)Cc1ccccc1F. The molecule has 1 aliphatic carbocycles. The Morgan fingerprint density at radius 3 is 2.86 bits per heavy atom. The first-order valence-corrected chi connectivity index (χ1v) is 8.36. The van der Waals surface area contributed by atoms with E-state index in [-0.39, 0.29) is 5.82 Å². The highest BCUT2D eigenvalue weighted by Gasteiger charge is 2.26. The Bertz CT molecular complexity index is 421. The van der Waals surface area contributed by atoms with Gasteiger partial charge in [0.15, 0.2) is 0 Å². The predicted molar refractivity (Wildman–Crippen MR) is 86.8 cm³/mol. The number of halogens is 1. The fourth-order valence-electron chi connectivity index (χ4n) is 3.36. The Kier molecular flexibility index (Phi) is 6.65. The lowest BCUT2D eigenvalue weighted by Gasteiger charge is -2.24. The molecule has 0 aromatic heterocycles. The van der Waals surface area contributed by atoms with Crippen molar-refractivity contribution in [3.8, 4) is 0 Å². The van der Waals surface area contributed by atoms with Crippen LogP contribution in [0.1, 0.15) is 44.6 Å². The van der Waals surface area contributed by atoms with Crippen LogP contribution in [0.4, 0.5) is 4.39 Å². The summed E-state index contributed by atoms with van der Waals surface area (Å²) in [7, 11) is 2.09. The molecule has 1 saturated carbocycles. The van der Waals surface area contributed by atoms with Gasteiger partial charge in [0, 0.05) is 18.2 Å². The maximum Gasteiger partial charge on any atom is 0.127 e. The van der Waals surface area contributed by atoms with E-state index in [0.717, 1.165) is 24.6 Å². The zero-order chi connectivity index (χ0) is 15.1. The number of nitrogens with zero attached hydrogens (tertiary/aromatic N) is 1. The Morgan fingerprint density at radius 2 is 2.10 bits per heavy atom. The van der Waals surface area contributed by atoms with E-state index in [1.165, 1.54) is 32.1 Å². The third-order valence-electron chi connectivity index (χ3n) is 4.60. The van der Waals surface area contributed by atoms with E-state index in [4.69, 9.17) is 0 Å². The Labute approximate surface area is 128 Å². The lowest BCUT2D eigenvalue weighted by atomic mass is 9.99. The van der Waals surface area contributed by atoms with Gasteiger partial charge < -0.3 is 10.2 Å². The monoisotopic (exact) mass is 292 g/mol. The van der Waals surface area contributed by atoms with Gasteiger partial charge in [-0.25, -0.2) is 4.39 Å². The second-order valence-electron chi connectivity index (χ2n) is 6.37. The van der Waals surface area contributed by atoms with E-state index in [0.29, 0.717) is 12.6 Å². The standard InChI is InChI=1S/C18H29FN2/c1-3-12-20-18-10-6-8-15(18)11-13-21(2)14-16-7-4-5-9-17(16)19/h4-5,7,9,15,18,20H,3,6,8,10-14H2,1-2H3. The number of rotatable bonds is 8. The number of benzene rings is 1. The molecule has 0 bridgehead atoms. The highest BCUT2D eigenvalue weighted by molar-refractivity contribution is 5.16. The van der Waals surface area contributed by atoms with Gasteiger partial charge in [0.1, 0.15) is 5.82 Å². The van der Waals surface area contributed by atoms with Crippen LogP contribution in [0, 0.1) is 11.7 Å². The Morgan fingerprint density at radius 1 is 1.29 bits per heavy atom. The fraction of sp³-hybridized carbons (Fsp3) is 0.667. The van der Waals surface area contributed by atoms with Crippen LogP contribution >= 0.6 is 0 Å². The van der Waals surface area contributed by atoms with E-state index >= 15 is 0 Å². The molecule has 1 aromatic rings. The first-order valence-electron chi connectivity index (χ1n) is 8.36. The minimum atomic E-state index is -0.0901. The molecule has 2 rings (SSSR count). The molecule has 2 unspecified atom stereocenters. The Balaban J connectivity index is 1.75. The van der Waals surface area contributed by atoms with Crippen LogP contribution in [0.3, 0.4) is 0 Å². The van der Waals surface area contributed by atoms with Gasteiger partial charge in [0.2, 0.25) is 0 Å². The summed E-state index contributed by atoms with van der Waals surface area (Å²) < 4.78 is 13.7. The molecule has 0 radical (unpaired) electrons. The van der Waals surface area contributed by atoms with Crippen molar-refractivity contribution in [1.82, 2.24) is 10.2 Å². The summed E-state index contributed by atoms with van der Waals surface area (Å²) >= 11 is 0. The van der Waals surface area contributed by atoms with Crippen LogP contribution in [0.15, 0.2) is 24.3 Å². The number of hydrogen-bond donors (Lipinski definition) is 1. The molecule has 118 valence electrons. The van der Waals surface area contributed by atoms with Gasteiger partial charge in [-0.1, -0.05) is 31.5 Å². The summed E-state index contributed by atoms with van der Waals surface area (Å²) in [5.74, 6) is 0.701. The smallest absolute Gasteiger partial charge is 0.127 e.